The molecule has 3 rings (SSSR count). The van der Waals surface area contributed by atoms with Crippen molar-refractivity contribution in [3.63, 3.8) is 0 Å². The molecule has 0 unspecified atom stereocenters. The van der Waals surface area contributed by atoms with E-state index in [2.05, 4.69) is 21.2 Å². The number of ether oxygens (including phenoxy) is 2. The number of benzene rings is 2. The number of hydrogen-bond donors (Lipinski definition) is 1. The second kappa shape index (κ2) is 9.28. The summed E-state index contributed by atoms with van der Waals surface area (Å²) in [6.07, 6.45) is 0.0240. The molecule has 1 saturated heterocycles. The average Bonchev–Trinajstić information content (AvgIpc) is 3.10. The van der Waals surface area contributed by atoms with E-state index in [0.29, 0.717) is 22.1 Å². The van der Waals surface area contributed by atoms with Gasteiger partial charge in [-0.15, -0.1) is 0 Å². The number of nitrogens with zero attached hydrogens (tertiary/aromatic N) is 1. The maximum Gasteiger partial charge on any atom is 0.311 e. The highest BCUT2D eigenvalue weighted by Crippen LogP contribution is 2.29. The van der Waals surface area contributed by atoms with Gasteiger partial charge in [-0.05, 0) is 30.3 Å². The first-order valence-electron chi connectivity index (χ1n) is 8.73. The second-order valence-corrected chi connectivity index (χ2v) is 7.71. The topological polar surface area (TPSA) is 84.9 Å². The fraction of sp³-hybridized carbons (Fsp3) is 0.250. The van der Waals surface area contributed by atoms with Crippen LogP contribution in [0.3, 0.4) is 0 Å². The fourth-order valence-electron chi connectivity index (χ4n) is 2.93. The van der Waals surface area contributed by atoms with Crippen molar-refractivity contribution in [2.75, 3.05) is 30.5 Å². The van der Waals surface area contributed by atoms with Crippen LogP contribution in [0.1, 0.15) is 6.42 Å². The molecule has 1 N–H and O–H groups in total. The molecule has 2 amide bonds. The van der Waals surface area contributed by atoms with Crippen LogP contribution in [0, 0.1) is 5.92 Å². The lowest BCUT2D eigenvalue weighted by atomic mass is 10.1. The molecule has 2 aromatic carbocycles. The van der Waals surface area contributed by atoms with Crippen molar-refractivity contribution in [2.45, 2.75) is 6.42 Å². The third-order valence-corrected chi connectivity index (χ3v) is 5.18. The summed E-state index contributed by atoms with van der Waals surface area (Å²) >= 11 is 9.33. The zero-order valence-electron chi connectivity index (χ0n) is 15.5. The molecule has 29 heavy (non-hydrogen) atoms. The van der Waals surface area contributed by atoms with Crippen LogP contribution in [0.15, 0.2) is 46.9 Å². The van der Waals surface area contributed by atoms with Crippen LogP contribution in [-0.4, -0.2) is 38.0 Å². The van der Waals surface area contributed by atoms with Crippen molar-refractivity contribution in [3.8, 4) is 5.75 Å². The van der Waals surface area contributed by atoms with Gasteiger partial charge in [0, 0.05) is 29.2 Å². The number of methoxy groups -OCH3 is 1. The van der Waals surface area contributed by atoms with Crippen LogP contribution in [0.2, 0.25) is 5.02 Å². The number of anilines is 2. The summed E-state index contributed by atoms with van der Waals surface area (Å²) < 4.78 is 11.0. The lowest BCUT2D eigenvalue weighted by molar-refractivity contribution is -0.151. The molecule has 9 heteroatoms. The molecule has 1 fully saturated rings. The summed E-state index contributed by atoms with van der Waals surface area (Å²) in [4.78, 5) is 38.2. The van der Waals surface area contributed by atoms with Gasteiger partial charge in [-0.25, -0.2) is 0 Å². The number of carbonyl (C=O) groups excluding carboxylic acids is 3. The first kappa shape index (κ1) is 21.1. The molecule has 1 heterocycles. The first-order valence-corrected chi connectivity index (χ1v) is 9.90. The Labute approximate surface area is 181 Å². The first-order chi connectivity index (χ1) is 13.9. The summed E-state index contributed by atoms with van der Waals surface area (Å²) in [7, 11) is 1.54. The molecule has 0 bridgehead atoms. The molecule has 0 spiro atoms. The van der Waals surface area contributed by atoms with E-state index in [0.717, 1.165) is 4.47 Å². The van der Waals surface area contributed by atoms with E-state index in [1.54, 1.807) is 42.5 Å². The van der Waals surface area contributed by atoms with Crippen LogP contribution in [-0.2, 0) is 19.1 Å². The number of rotatable bonds is 6. The molecule has 1 aliphatic heterocycles. The van der Waals surface area contributed by atoms with Crippen molar-refractivity contribution in [3.05, 3.63) is 52.0 Å². The summed E-state index contributed by atoms with van der Waals surface area (Å²) in [6.45, 7) is -0.278. The van der Waals surface area contributed by atoms with Crippen molar-refractivity contribution in [1.29, 1.82) is 0 Å². The molecule has 1 atom stereocenters. The Morgan fingerprint density at radius 3 is 2.79 bits per heavy atom. The summed E-state index contributed by atoms with van der Waals surface area (Å²) in [5.74, 6) is -1.33. The van der Waals surface area contributed by atoms with Gasteiger partial charge in [0.2, 0.25) is 5.91 Å². The standard InChI is InChI=1S/C20H18BrClN2O5/c1-28-15-4-2-3-14(9-15)24-10-12(7-19(24)26)20(27)29-11-18(25)23-17-6-5-13(21)8-16(17)22/h2-6,8-9,12H,7,10-11H2,1H3,(H,23,25)/t12-/m0/s1. The minimum atomic E-state index is -0.641. The van der Waals surface area contributed by atoms with Crippen molar-refractivity contribution < 1.29 is 23.9 Å². The molecule has 1 aliphatic rings. The van der Waals surface area contributed by atoms with Gasteiger partial charge in [-0.1, -0.05) is 33.6 Å². The number of hydrogen-bond acceptors (Lipinski definition) is 5. The monoisotopic (exact) mass is 480 g/mol. The number of amides is 2. The Kier molecular flexibility index (Phi) is 6.76. The van der Waals surface area contributed by atoms with Crippen molar-refractivity contribution in [2.24, 2.45) is 5.92 Å². The molecule has 0 radical (unpaired) electrons. The second-order valence-electron chi connectivity index (χ2n) is 6.39. The maximum atomic E-state index is 12.3. The Hall–Kier alpha value is -2.58. The Balaban J connectivity index is 1.54. The zero-order valence-corrected chi connectivity index (χ0v) is 17.8. The van der Waals surface area contributed by atoms with E-state index in [1.165, 1.54) is 12.0 Å². The van der Waals surface area contributed by atoms with E-state index in [9.17, 15) is 14.4 Å². The summed E-state index contributed by atoms with van der Waals surface area (Å²) in [5, 5.41) is 2.94. The van der Waals surface area contributed by atoms with E-state index < -0.39 is 24.4 Å². The van der Waals surface area contributed by atoms with E-state index >= 15 is 0 Å². The number of nitrogens with one attached hydrogen (secondary N) is 1. The minimum Gasteiger partial charge on any atom is -0.497 e. The minimum absolute atomic E-state index is 0.0240. The zero-order chi connectivity index (χ0) is 21.0. The predicted molar refractivity (Wildman–Crippen MR) is 112 cm³/mol. The third-order valence-electron chi connectivity index (χ3n) is 4.37. The Morgan fingerprint density at radius 1 is 1.28 bits per heavy atom. The Morgan fingerprint density at radius 2 is 2.07 bits per heavy atom. The van der Waals surface area contributed by atoms with E-state index in [1.807, 2.05) is 0 Å². The molecular weight excluding hydrogens is 464 g/mol. The van der Waals surface area contributed by atoms with Crippen LogP contribution in [0.5, 0.6) is 5.75 Å². The smallest absolute Gasteiger partial charge is 0.311 e. The SMILES string of the molecule is COc1cccc(N2C[C@@H](C(=O)OCC(=O)Nc3ccc(Br)cc3Cl)CC2=O)c1. The van der Waals surface area contributed by atoms with Gasteiger partial charge in [0.25, 0.3) is 5.91 Å². The van der Waals surface area contributed by atoms with Crippen LogP contribution in [0.4, 0.5) is 11.4 Å². The molecule has 2 aromatic rings. The lowest BCUT2D eigenvalue weighted by Gasteiger charge is -2.17. The predicted octanol–water partition coefficient (Wildman–Crippen LogP) is 3.65. The van der Waals surface area contributed by atoms with Crippen LogP contribution in [0.25, 0.3) is 0 Å². The van der Waals surface area contributed by atoms with E-state index in [4.69, 9.17) is 21.1 Å². The molecule has 0 aliphatic carbocycles. The molecule has 7 nitrogen and oxygen atoms in total. The van der Waals surface area contributed by atoms with Gasteiger partial charge in [0.15, 0.2) is 6.61 Å². The number of carbonyl (C=O) groups is 3. The van der Waals surface area contributed by atoms with Gasteiger partial charge >= 0.3 is 5.97 Å². The largest absolute Gasteiger partial charge is 0.497 e. The fourth-order valence-corrected chi connectivity index (χ4v) is 3.65. The van der Waals surface area contributed by atoms with Crippen LogP contribution < -0.4 is 15.0 Å². The third kappa shape index (κ3) is 5.27. The summed E-state index contributed by atoms with van der Waals surface area (Å²) in [6, 6.07) is 12.0. The maximum absolute atomic E-state index is 12.3. The summed E-state index contributed by atoms with van der Waals surface area (Å²) in [5.41, 5.74) is 1.06. The van der Waals surface area contributed by atoms with Gasteiger partial charge in [0.05, 0.1) is 23.7 Å². The molecular formula is C20H18BrClN2O5. The lowest BCUT2D eigenvalue weighted by Crippen LogP contribution is -2.28. The van der Waals surface area contributed by atoms with Crippen molar-refractivity contribution >= 4 is 56.7 Å². The van der Waals surface area contributed by atoms with Crippen LogP contribution >= 0.6 is 27.5 Å². The molecule has 152 valence electrons. The van der Waals surface area contributed by atoms with Gasteiger partial charge in [0.1, 0.15) is 5.75 Å². The highest BCUT2D eigenvalue weighted by molar-refractivity contribution is 9.10. The normalized spacial score (nSPS) is 15.9. The number of esters is 1. The quantitative estimate of drug-likeness (QED) is 0.637. The average molecular weight is 482 g/mol. The molecule has 0 aromatic heterocycles. The van der Waals surface area contributed by atoms with Gasteiger partial charge < -0.3 is 19.7 Å². The van der Waals surface area contributed by atoms with Gasteiger partial charge in [-0.2, -0.15) is 0 Å². The van der Waals surface area contributed by atoms with E-state index in [-0.39, 0.29) is 18.9 Å². The highest BCUT2D eigenvalue weighted by atomic mass is 79.9. The molecule has 0 saturated carbocycles. The van der Waals surface area contributed by atoms with Crippen molar-refractivity contribution in [1.82, 2.24) is 0 Å². The Bertz CT molecular complexity index is 952. The van der Waals surface area contributed by atoms with Gasteiger partial charge in [-0.3, -0.25) is 14.4 Å². The highest BCUT2D eigenvalue weighted by Gasteiger charge is 2.36. The number of halogens is 2.